The zero-order chi connectivity index (χ0) is 36.9. The van der Waals surface area contributed by atoms with Gasteiger partial charge in [0.15, 0.2) is 0 Å². The number of nitrogens with one attached hydrogen (secondary N) is 2. The second kappa shape index (κ2) is 17.5. The summed E-state index contributed by atoms with van der Waals surface area (Å²) in [7, 11) is 0. The minimum Gasteiger partial charge on any atom is -0.369 e. The van der Waals surface area contributed by atoms with Crippen LogP contribution in [-0.2, 0) is 25.8 Å². The van der Waals surface area contributed by atoms with Crippen LogP contribution in [0.1, 0.15) is 33.7 Å². The highest BCUT2D eigenvalue weighted by Crippen LogP contribution is 2.28. The maximum absolute atomic E-state index is 6.27. The van der Waals surface area contributed by atoms with Gasteiger partial charge in [0.05, 0.1) is 23.4 Å². The average Bonchev–Trinajstić information content (AvgIpc) is 3.88. The molecule has 2 fully saturated rings. The third-order valence-corrected chi connectivity index (χ3v) is 13.1. The Balaban J connectivity index is 0.873. The molecule has 12 nitrogen and oxygen atoms in total. The highest BCUT2D eigenvalue weighted by atomic mass is 127. The minimum atomic E-state index is 0.440. The lowest BCUT2D eigenvalue weighted by molar-refractivity contribution is 0.251. The summed E-state index contributed by atoms with van der Waals surface area (Å²) in [6, 6.07) is 12.8. The van der Waals surface area contributed by atoms with Crippen molar-refractivity contribution in [1.29, 1.82) is 0 Å². The Morgan fingerprint density at radius 1 is 0.722 bits per heavy atom. The second-order valence-electron chi connectivity index (χ2n) is 13.7. The number of anilines is 4. The zero-order valence-electron chi connectivity index (χ0n) is 30.3. The molecule has 0 bridgehead atoms. The third-order valence-electron chi connectivity index (χ3n) is 9.84. The van der Waals surface area contributed by atoms with E-state index in [1.165, 1.54) is 14.6 Å². The highest BCUT2D eigenvalue weighted by Gasteiger charge is 2.22. The molecule has 282 valence electrons. The maximum Gasteiger partial charge on any atom is 0.228 e. The first-order chi connectivity index (χ1) is 26.5. The maximum atomic E-state index is 6.27. The standard InChI is InChI=1S/C38H44ClIN12S2/c1-2-4-26-21-30-32(23-43-26)45-38(51-16-18-52(40)19-17-51)47-35(30)42-11-9-28-6-7-29(54-28)25-49-12-14-50(15-13-49)37-46-33-24-44-34(39)22-31(33)36(48-37)41-10-8-27-5-3-20-53-27/h3,5-7,20-24H,2,4,8-19,25H2,1H3,(H,41,46,48)(H,42,45,47). The van der Waals surface area contributed by atoms with Gasteiger partial charge in [0.2, 0.25) is 11.9 Å². The highest BCUT2D eigenvalue weighted by molar-refractivity contribution is 14.1. The van der Waals surface area contributed by atoms with Crippen molar-refractivity contribution in [1.82, 2.24) is 37.9 Å². The molecule has 0 unspecified atom stereocenters. The SMILES string of the molecule is CCCc1cc2c(NCCc3ccc(CN4CCN(c5nc(NCCc6cccs6)c6cc(Cl)ncc6n5)CC4)s3)nc(N3CCN(I)CC3)nc2cn1. The normalized spacial score (nSPS) is 15.8. The van der Waals surface area contributed by atoms with Crippen molar-refractivity contribution in [2.75, 3.05) is 85.9 Å². The number of hydrogen-bond donors (Lipinski definition) is 2. The molecule has 0 atom stereocenters. The molecule has 0 radical (unpaired) electrons. The van der Waals surface area contributed by atoms with Crippen LogP contribution in [0.15, 0.2) is 54.2 Å². The largest absolute Gasteiger partial charge is 0.369 e. The fourth-order valence-electron chi connectivity index (χ4n) is 6.92. The number of aromatic nitrogens is 6. The van der Waals surface area contributed by atoms with Crippen LogP contribution < -0.4 is 20.4 Å². The van der Waals surface area contributed by atoms with E-state index in [0.717, 1.165) is 149 Å². The fourth-order valence-corrected chi connectivity index (χ4v) is 9.27. The van der Waals surface area contributed by atoms with Crippen molar-refractivity contribution in [3.8, 4) is 0 Å². The van der Waals surface area contributed by atoms with Gasteiger partial charge in [-0.25, -0.2) is 18.1 Å². The van der Waals surface area contributed by atoms with E-state index in [1.807, 2.05) is 23.6 Å². The molecule has 8 heterocycles. The molecule has 6 aromatic rings. The van der Waals surface area contributed by atoms with Crippen molar-refractivity contribution < 1.29 is 0 Å². The lowest BCUT2D eigenvalue weighted by atomic mass is 10.2. The van der Waals surface area contributed by atoms with Crippen LogP contribution in [0.25, 0.3) is 21.8 Å². The molecular weight excluding hydrogens is 851 g/mol. The Morgan fingerprint density at radius 2 is 1.35 bits per heavy atom. The monoisotopic (exact) mass is 894 g/mol. The summed E-state index contributed by atoms with van der Waals surface area (Å²) in [5.74, 6) is 3.23. The van der Waals surface area contributed by atoms with E-state index in [1.54, 1.807) is 17.5 Å². The Hall–Kier alpha value is -3.48. The first-order valence-electron chi connectivity index (χ1n) is 18.7. The number of aryl methyl sites for hydroxylation is 1. The molecule has 2 N–H and O–H groups in total. The van der Waals surface area contributed by atoms with Gasteiger partial charge in [-0.2, -0.15) is 9.97 Å². The second-order valence-corrected chi connectivity index (χ2v) is 17.7. The molecular formula is C38H44ClIN12S2. The van der Waals surface area contributed by atoms with Crippen LogP contribution in [-0.4, -0.2) is 103 Å². The van der Waals surface area contributed by atoms with E-state index in [4.69, 9.17) is 36.5 Å². The number of fused-ring (bicyclic) bond motifs is 2. The Morgan fingerprint density at radius 3 is 2.02 bits per heavy atom. The molecule has 8 rings (SSSR count). The summed E-state index contributed by atoms with van der Waals surface area (Å²) >= 11 is 12.4. The third kappa shape index (κ3) is 9.13. The molecule has 54 heavy (non-hydrogen) atoms. The molecule has 0 amide bonds. The van der Waals surface area contributed by atoms with Gasteiger partial charge in [-0.3, -0.25) is 9.88 Å². The van der Waals surface area contributed by atoms with Crippen molar-refractivity contribution in [3.05, 3.63) is 79.7 Å². The molecule has 0 aromatic carbocycles. The van der Waals surface area contributed by atoms with Crippen LogP contribution in [0.4, 0.5) is 23.5 Å². The fraction of sp³-hybridized carbons (Fsp3) is 0.421. The summed E-state index contributed by atoms with van der Waals surface area (Å²) in [5.41, 5.74) is 2.78. The van der Waals surface area contributed by atoms with Crippen molar-refractivity contribution in [3.63, 3.8) is 0 Å². The number of nitrogens with zero attached hydrogens (tertiary/aromatic N) is 10. The molecule has 0 aliphatic carbocycles. The number of pyridine rings is 2. The van der Waals surface area contributed by atoms with E-state index in [0.29, 0.717) is 5.15 Å². The van der Waals surface area contributed by atoms with Crippen LogP contribution in [0, 0.1) is 0 Å². The average molecular weight is 895 g/mol. The summed E-state index contributed by atoms with van der Waals surface area (Å²) < 4.78 is 2.32. The van der Waals surface area contributed by atoms with Crippen molar-refractivity contribution in [2.45, 2.75) is 39.2 Å². The Labute approximate surface area is 342 Å². The summed E-state index contributed by atoms with van der Waals surface area (Å²) in [5, 5.41) is 11.7. The summed E-state index contributed by atoms with van der Waals surface area (Å²) in [6.45, 7) is 12.2. The van der Waals surface area contributed by atoms with Gasteiger partial charge >= 0.3 is 0 Å². The molecule has 16 heteroatoms. The van der Waals surface area contributed by atoms with E-state index >= 15 is 0 Å². The van der Waals surface area contributed by atoms with E-state index in [-0.39, 0.29) is 0 Å². The van der Waals surface area contributed by atoms with Crippen LogP contribution in [0.2, 0.25) is 5.15 Å². The summed E-state index contributed by atoms with van der Waals surface area (Å²) in [4.78, 5) is 40.1. The van der Waals surface area contributed by atoms with Crippen molar-refractivity contribution in [2.24, 2.45) is 0 Å². The van der Waals surface area contributed by atoms with E-state index < -0.39 is 0 Å². The van der Waals surface area contributed by atoms with Crippen LogP contribution in [0.3, 0.4) is 0 Å². The van der Waals surface area contributed by atoms with Crippen molar-refractivity contribution >= 4 is 102 Å². The van der Waals surface area contributed by atoms with Gasteiger partial charge in [0, 0.05) is 126 Å². The van der Waals surface area contributed by atoms with E-state index in [2.05, 4.69) is 98.9 Å². The molecule has 2 aliphatic heterocycles. The first kappa shape index (κ1) is 37.4. The lowest BCUT2D eigenvalue weighted by Gasteiger charge is -2.34. The topological polar surface area (TPSA) is 114 Å². The molecule has 2 aliphatic rings. The molecule has 2 saturated heterocycles. The number of halogens is 2. The lowest BCUT2D eigenvalue weighted by Crippen LogP contribution is -2.46. The Kier molecular flexibility index (Phi) is 12.2. The molecule has 0 saturated carbocycles. The Bertz CT molecular complexity index is 2170. The number of piperazine rings is 2. The van der Waals surface area contributed by atoms with Gasteiger partial charge in [0.25, 0.3) is 0 Å². The predicted octanol–water partition coefficient (Wildman–Crippen LogP) is 7.20. The van der Waals surface area contributed by atoms with Gasteiger partial charge in [-0.1, -0.05) is 31.0 Å². The summed E-state index contributed by atoms with van der Waals surface area (Å²) in [6.07, 6.45) is 7.54. The van der Waals surface area contributed by atoms with Gasteiger partial charge in [-0.15, -0.1) is 22.7 Å². The van der Waals surface area contributed by atoms with Crippen LogP contribution >= 0.6 is 57.1 Å². The number of thiophene rings is 2. The number of hydrogen-bond acceptors (Lipinski definition) is 14. The minimum absolute atomic E-state index is 0.440. The quantitative estimate of drug-likeness (QED) is 0.0656. The van der Waals surface area contributed by atoms with Gasteiger partial charge < -0.3 is 20.4 Å². The van der Waals surface area contributed by atoms with E-state index in [9.17, 15) is 0 Å². The van der Waals surface area contributed by atoms with Crippen LogP contribution in [0.5, 0.6) is 0 Å². The molecule has 6 aromatic heterocycles. The zero-order valence-corrected chi connectivity index (χ0v) is 34.9. The van der Waals surface area contributed by atoms with Gasteiger partial charge in [0.1, 0.15) is 16.8 Å². The first-order valence-corrected chi connectivity index (χ1v) is 21.7. The number of rotatable bonds is 14. The predicted molar refractivity (Wildman–Crippen MR) is 232 cm³/mol. The molecule has 0 spiro atoms. The van der Waals surface area contributed by atoms with Gasteiger partial charge in [-0.05, 0) is 55.0 Å². The smallest absolute Gasteiger partial charge is 0.228 e.